The minimum absolute atomic E-state index is 0.185. The molecule has 0 fully saturated rings. The molecule has 0 bridgehead atoms. The molecule has 5 rings (SSSR count). The molecule has 6 nitrogen and oxygen atoms in total. The quantitative estimate of drug-likeness (QED) is 0.303. The number of nitrogens with one attached hydrogen (secondary N) is 2. The lowest BCUT2D eigenvalue weighted by Gasteiger charge is -2.10. The number of fused-ring (bicyclic) bond motifs is 3. The Labute approximate surface area is 204 Å². The standard InChI is InChI=1S/C28H25N3O3S/c1-3-31-26-7-5-4-6-24(26)25-18-22(14-17-27(25)31)29-28(32)20-10-12-21(13-11-20)30-35(33,34)23-15-8-19(2)9-16-23/h4-18,30H,3H2,1-2H3,(H,29,32). The summed E-state index contributed by atoms with van der Waals surface area (Å²) < 4.78 is 30.0. The minimum atomic E-state index is -3.70. The molecule has 4 aromatic carbocycles. The minimum Gasteiger partial charge on any atom is -0.341 e. The zero-order valence-corrected chi connectivity index (χ0v) is 20.3. The van der Waals surface area contributed by atoms with Crippen LogP contribution in [0.5, 0.6) is 0 Å². The number of amides is 1. The number of rotatable bonds is 6. The summed E-state index contributed by atoms with van der Waals surface area (Å²) in [6.07, 6.45) is 0. The van der Waals surface area contributed by atoms with E-state index in [-0.39, 0.29) is 10.8 Å². The van der Waals surface area contributed by atoms with Gasteiger partial charge in [-0.2, -0.15) is 0 Å². The van der Waals surface area contributed by atoms with Gasteiger partial charge >= 0.3 is 0 Å². The normalized spacial score (nSPS) is 11.6. The number of hydrogen-bond donors (Lipinski definition) is 2. The van der Waals surface area contributed by atoms with Crippen LogP contribution >= 0.6 is 0 Å². The zero-order valence-electron chi connectivity index (χ0n) is 19.4. The molecule has 0 saturated heterocycles. The fraction of sp³-hybridized carbons (Fsp3) is 0.107. The first-order chi connectivity index (χ1) is 16.9. The van der Waals surface area contributed by atoms with Gasteiger partial charge in [-0.3, -0.25) is 9.52 Å². The highest BCUT2D eigenvalue weighted by Crippen LogP contribution is 2.31. The molecule has 1 aromatic heterocycles. The van der Waals surface area contributed by atoms with Crippen LogP contribution < -0.4 is 10.0 Å². The van der Waals surface area contributed by atoms with Crippen LogP contribution in [0.4, 0.5) is 11.4 Å². The Hall–Kier alpha value is -4.10. The fourth-order valence-corrected chi connectivity index (χ4v) is 5.36. The van der Waals surface area contributed by atoms with E-state index in [0.717, 1.165) is 33.9 Å². The third-order valence-electron chi connectivity index (χ3n) is 6.08. The highest BCUT2D eigenvalue weighted by molar-refractivity contribution is 7.92. The number of benzene rings is 4. The highest BCUT2D eigenvalue weighted by atomic mass is 32.2. The predicted molar refractivity (Wildman–Crippen MR) is 142 cm³/mol. The molecule has 35 heavy (non-hydrogen) atoms. The van der Waals surface area contributed by atoms with Crippen LogP contribution in [0.15, 0.2) is 95.9 Å². The van der Waals surface area contributed by atoms with E-state index >= 15 is 0 Å². The summed E-state index contributed by atoms with van der Waals surface area (Å²) in [4.78, 5) is 13.1. The number of nitrogens with zero attached hydrogens (tertiary/aromatic N) is 1. The van der Waals surface area contributed by atoms with Crippen molar-refractivity contribution in [2.75, 3.05) is 10.0 Å². The molecule has 0 aliphatic carbocycles. The fourth-order valence-electron chi connectivity index (χ4n) is 4.30. The van der Waals surface area contributed by atoms with Gasteiger partial charge in [0.25, 0.3) is 15.9 Å². The average molecular weight is 484 g/mol. The third kappa shape index (κ3) is 4.38. The van der Waals surface area contributed by atoms with Gasteiger partial charge in [0.15, 0.2) is 0 Å². The molecule has 0 aliphatic rings. The molecule has 5 aromatic rings. The van der Waals surface area contributed by atoms with Gasteiger partial charge in [0, 0.05) is 45.3 Å². The van der Waals surface area contributed by atoms with Crippen LogP contribution in [0.25, 0.3) is 21.8 Å². The van der Waals surface area contributed by atoms with Crippen LogP contribution in [0.2, 0.25) is 0 Å². The van der Waals surface area contributed by atoms with E-state index in [1.54, 1.807) is 48.5 Å². The summed E-state index contributed by atoms with van der Waals surface area (Å²) in [7, 11) is -3.70. The van der Waals surface area contributed by atoms with Crippen molar-refractivity contribution in [2.45, 2.75) is 25.3 Å². The summed E-state index contributed by atoms with van der Waals surface area (Å²) in [5.74, 6) is -0.267. The van der Waals surface area contributed by atoms with Crippen LogP contribution in [0, 0.1) is 6.92 Å². The molecule has 0 radical (unpaired) electrons. The van der Waals surface area contributed by atoms with E-state index in [1.165, 1.54) is 0 Å². The van der Waals surface area contributed by atoms with Crippen molar-refractivity contribution in [3.05, 3.63) is 102 Å². The van der Waals surface area contributed by atoms with Gasteiger partial charge in [0.1, 0.15) is 0 Å². The maximum Gasteiger partial charge on any atom is 0.261 e. The summed E-state index contributed by atoms with van der Waals surface area (Å²) in [6.45, 7) is 4.87. The lowest BCUT2D eigenvalue weighted by Crippen LogP contribution is -2.14. The second-order valence-corrected chi connectivity index (χ2v) is 10.1. The summed E-state index contributed by atoms with van der Waals surface area (Å²) >= 11 is 0. The average Bonchev–Trinajstić information content (AvgIpc) is 3.17. The van der Waals surface area contributed by atoms with E-state index in [2.05, 4.69) is 33.7 Å². The Kier molecular flexibility index (Phi) is 5.78. The molecular weight excluding hydrogens is 458 g/mol. The summed E-state index contributed by atoms with van der Waals surface area (Å²) in [6, 6.07) is 27.1. The first-order valence-electron chi connectivity index (χ1n) is 11.4. The molecule has 0 spiro atoms. The second-order valence-electron chi connectivity index (χ2n) is 8.44. The first kappa shape index (κ1) is 22.7. The number of aryl methyl sites for hydroxylation is 2. The van der Waals surface area contributed by atoms with Gasteiger partial charge in [0.05, 0.1) is 4.90 Å². The van der Waals surface area contributed by atoms with Crippen molar-refractivity contribution in [2.24, 2.45) is 0 Å². The monoisotopic (exact) mass is 483 g/mol. The summed E-state index contributed by atoms with van der Waals surface area (Å²) in [5, 5.41) is 5.18. The zero-order chi connectivity index (χ0) is 24.6. The molecule has 0 aliphatic heterocycles. The van der Waals surface area contributed by atoms with Gasteiger partial charge in [0.2, 0.25) is 0 Å². The molecule has 0 unspecified atom stereocenters. The lowest BCUT2D eigenvalue weighted by molar-refractivity contribution is 0.102. The number of hydrogen-bond acceptors (Lipinski definition) is 3. The molecule has 0 saturated carbocycles. The van der Waals surface area contributed by atoms with Crippen molar-refractivity contribution in [3.63, 3.8) is 0 Å². The Morgan fingerprint density at radius 3 is 2.17 bits per heavy atom. The highest BCUT2D eigenvalue weighted by Gasteiger charge is 2.15. The van der Waals surface area contributed by atoms with E-state index in [0.29, 0.717) is 16.9 Å². The predicted octanol–water partition coefficient (Wildman–Crippen LogP) is 6.18. The van der Waals surface area contributed by atoms with Crippen molar-refractivity contribution in [3.8, 4) is 0 Å². The lowest BCUT2D eigenvalue weighted by atomic mass is 10.1. The van der Waals surface area contributed by atoms with Crippen LogP contribution in [0.1, 0.15) is 22.8 Å². The van der Waals surface area contributed by atoms with Gasteiger partial charge in [-0.1, -0.05) is 35.9 Å². The van der Waals surface area contributed by atoms with Gasteiger partial charge in [-0.15, -0.1) is 0 Å². The molecule has 7 heteroatoms. The van der Waals surface area contributed by atoms with Gasteiger partial charge < -0.3 is 9.88 Å². The topological polar surface area (TPSA) is 80.2 Å². The van der Waals surface area contributed by atoms with E-state index < -0.39 is 10.0 Å². The largest absolute Gasteiger partial charge is 0.341 e. The van der Waals surface area contributed by atoms with Crippen molar-refractivity contribution < 1.29 is 13.2 Å². The van der Waals surface area contributed by atoms with Crippen LogP contribution in [0.3, 0.4) is 0 Å². The summed E-state index contributed by atoms with van der Waals surface area (Å²) in [5.41, 5.74) is 4.78. The van der Waals surface area contributed by atoms with Crippen LogP contribution in [-0.4, -0.2) is 18.9 Å². The number of sulfonamides is 1. The van der Waals surface area contributed by atoms with Crippen molar-refractivity contribution in [1.82, 2.24) is 4.57 Å². The second kappa shape index (κ2) is 8.92. The molecule has 2 N–H and O–H groups in total. The Bertz CT molecular complexity index is 1650. The van der Waals surface area contributed by atoms with Gasteiger partial charge in [-0.05, 0) is 74.5 Å². The number of para-hydroxylation sites is 1. The first-order valence-corrected chi connectivity index (χ1v) is 12.9. The maximum absolute atomic E-state index is 12.9. The Balaban J connectivity index is 1.35. The third-order valence-corrected chi connectivity index (χ3v) is 7.47. The number of anilines is 2. The maximum atomic E-state index is 12.9. The molecule has 176 valence electrons. The van der Waals surface area contributed by atoms with E-state index in [1.807, 2.05) is 37.3 Å². The number of aromatic nitrogens is 1. The van der Waals surface area contributed by atoms with Crippen molar-refractivity contribution in [1.29, 1.82) is 0 Å². The Morgan fingerprint density at radius 2 is 1.46 bits per heavy atom. The molecule has 0 atom stereocenters. The number of carbonyl (C=O) groups excluding carboxylic acids is 1. The van der Waals surface area contributed by atoms with E-state index in [9.17, 15) is 13.2 Å². The van der Waals surface area contributed by atoms with E-state index in [4.69, 9.17) is 0 Å². The Morgan fingerprint density at radius 1 is 0.800 bits per heavy atom. The van der Waals surface area contributed by atoms with Gasteiger partial charge in [-0.25, -0.2) is 8.42 Å². The molecule has 1 heterocycles. The molecule has 1 amide bonds. The SMILES string of the molecule is CCn1c2ccccc2c2cc(NC(=O)c3ccc(NS(=O)(=O)c4ccc(C)cc4)cc3)ccc21. The molecular formula is C28H25N3O3S. The number of carbonyl (C=O) groups is 1. The smallest absolute Gasteiger partial charge is 0.261 e. The van der Waals surface area contributed by atoms with Crippen LogP contribution in [-0.2, 0) is 16.6 Å². The van der Waals surface area contributed by atoms with Crippen molar-refractivity contribution >= 4 is 49.1 Å².